The summed E-state index contributed by atoms with van der Waals surface area (Å²) in [5, 5.41) is 20.2. The van der Waals surface area contributed by atoms with Crippen LogP contribution >= 0.6 is 24.0 Å². The van der Waals surface area contributed by atoms with E-state index in [4.69, 9.17) is 16.7 Å². The molecule has 11 heteroatoms. The SMILES string of the molecule is CS(=O)(=O)c1cc([N+](=O)[O-])c(C(=O)O)c2ncc(Cl)cc12.Cl. The third-order valence-electron chi connectivity index (χ3n) is 2.69. The van der Waals surface area contributed by atoms with E-state index in [9.17, 15) is 23.3 Å². The van der Waals surface area contributed by atoms with Crippen LogP contribution in [0.3, 0.4) is 0 Å². The standard InChI is InChI=1S/C11H7ClN2O6S.ClH/c1-21(19,20)8-3-7(14(17)18)9(11(15)16)10-6(8)2-5(12)4-13-10;/h2-4H,1H3,(H,15,16);1H. The summed E-state index contributed by atoms with van der Waals surface area (Å²) in [5.74, 6) is -1.58. The number of carboxylic acid groups (broad SMARTS) is 1. The Balaban J connectivity index is 0.00000242. The van der Waals surface area contributed by atoms with Crippen molar-refractivity contribution in [3.8, 4) is 0 Å². The number of benzene rings is 1. The number of aromatic carboxylic acids is 1. The van der Waals surface area contributed by atoms with Gasteiger partial charge in [0.25, 0.3) is 5.69 Å². The van der Waals surface area contributed by atoms with E-state index in [1.54, 1.807) is 0 Å². The molecule has 0 saturated heterocycles. The number of nitrogens with zero attached hydrogens (tertiary/aromatic N) is 2. The van der Waals surface area contributed by atoms with Gasteiger partial charge in [0.1, 0.15) is 0 Å². The summed E-state index contributed by atoms with van der Waals surface area (Å²) < 4.78 is 23.5. The molecule has 0 radical (unpaired) electrons. The Bertz CT molecular complexity index is 897. The number of pyridine rings is 1. The van der Waals surface area contributed by atoms with Crippen molar-refractivity contribution < 1.29 is 23.2 Å². The maximum Gasteiger partial charge on any atom is 0.345 e. The first kappa shape index (κ1) is 18.1. The molecular weight excluding hydrogens is 359 g/mol. The molecule has 0 amide bonds. The zero-order valence-electron chi connectivity index (χ0n) is 10.8. The van der Waals surface area contributed by atoms with Gasteiger partial charge in [0, 0.05) is 23.9 Å². The molecule has 0 saturated carbocycles. The number of carbonyl (C=O) groups is 1. The molecule has 2 rings (SSSR count). The Kier molecular flexibility index (Phi) is 4.96. The van der Waals surface area contributed by atoms with Crippen LogP contribution in [-0.2, 0) is 9.84 Å². The second kappa shape index (κ2) is 6.03. The van der Waals surface area contributed by atoms with E-state index in [0.29, 0.717) is 6.07 Å². The first-order valence-corrected chi connectivity index (χ1v) is 7.60. The Morgan fingerprint density at radius 3 is 2.45 bits per heavy atom. The maximum absolute atomic E-state index is 11.8. The minimum absolute atomic E-state index is 0. The van der Waals surface area contributed by atoms with Crippen LogP contribution in [0.2, 0.25) is 5.02 Å². The molecule has 0 aliphatic rings. The number of hydrogen-bond acceptors (Lipinski definition) is 6. The van der Waals surface area contributed by atoms with E-state index >= 15 is 0 Å². The average molecular weight is 367 g/mol. The van der Waals surface area contributed by atoms with Gasteiger partial charge in [0.15, 0.2) is 15.4 Å². The summed E-state index contributed by atoms with van der Waals surface area (Å²) in [6.07, 6.45) is 1.94. The van der Waals surface area contributed by atoms with Crippen molar-refractivity contribution >= 4 is 56.4 Å². The number of rotatable bonds is 3. The van der Waals surface area contributed by atoms with Gasteiger partial charge in [-0.2, -0.15) is 0 Å². The van der Waals surface area contributed by atoms with Gasteiger partial charge >= 0.3 is 5.97 Å². The van der Waals surface area contributed by atoms with Crippen LogP contribution in [0.15, 0.2) is 23.2 Å². The third kappa shape index (κ3) is 3.11. The van der Waals surface area contributed by atoms with Crippen molar-refractivity contribution in [1.29, 1.82) is 0 Å². The lowest BCUT2D eigenvalue weighted by atomic mass is 10.1. The van der Waals surface area contributed by atoms with Crippen LogP contribution in [0.25, 0.3) is 10.9 Å². The molecule has 0 bridgehead atoms. The van der Waals surface area contributed by atoms with Crippen molar-refractivity contribution in [2.24, 2.45) is 0 Å². The highest BCUT2D eigenvalue weighted by molar-refractivity contribution is 7.91. The van der Waals surface area contributed by atoms with Gasteiger partial charge in [0.05, 0.1) is 20.4 Å². The van der Waals surface area contributed by atoms with Gasteiger partial charge in [-0.1, -0.05) is 11.6 Å². The topological polar surface area (TPSA) is 127 Å². The Morgan fingerprint density at radius 2 is 2.00 bits per heavy atom. The average Bonchev–Trinajstić information content (AvgIpc) is 2.34. The first-order valence-electron chi connectivity index (χ1n) is 5.33. The van der Waals surface area contributed by atoms with Gasteiger partial charge in [-0.05, 0) is 6.07 Å². The number of carboxylic acids is 1. The Hall–Kier alpha value is -1.97. The maximum atomic E-state index is 11.8. The molecule has 1 N–H and O–H groups in total. The van der Waals surface area contributed by atoms with E-state index in [1.807, 2.05) is 0 Å². The van der Waals surface area contributed by atoms with Gasteiger partial charge in [0.2, 0.25) is 0 Å². The van der Waals surface area contributed by atoms with Gasteiger partial charge in [-0.25, -0.2) is 13.2 Å². The number of sulfone groups is 1. The Labute approximate surface area is 135 Å². The van der Waals surface area contributed by atoms with Crippen molar-refractivity contribution in [3.05, 3.63) is 39.0 Å². The molecule has 1 aromatic heterocycles. The zero-order valence-corrected chi connectivity index (χ0v) is 13.2. The van der Waals surface area contributed by atoms with Gasteiger partial charge in [-0.3, -0.25) is 15.1 Å². The highest BCUT2D eigenvalue weighted by Crippen LogP contribution is 2.33. The summed E-state index contributed by atoms with van der Waals surface area (Å²) >= 11 is 5.74. The van der Waals surface area contributed by atoms with Crippen molar-refractivity contribution in [1.82, 2.24) is 4.98 Å². The minimum Gasteiger partial charge on any atom is -0.477 e. The molecule has 2 aromatic rings. The normalized spacial score (nSPS) is 11.0. The van der Waals surface area contributed by atoms with Crippen LogP contribution in [0.5, 0.6) is 0 Å². The number of hydrogen-bond donors (Lipinski definition) is 1. The fourth-order valence-corrected chi connectivity index (χ4v) is 2.92. The highest BCUT2D eigenvalue weighted by Gasteiger charge is 2.29. The van der Waals surface area contributed by atoms with Crippen molar-refractivity contribution in [3.63, 3.8) is 0 Å². The molecule has 0 atom stereocenters. The van der Waals surface area contributed by atoms with E-state index in [2.05, 4.69) is 4.98 Å². The summed E-state index contributed by atoms with van der Waals surface area (Å²) in [7, 11) is -3.84. The Morgan fingerprint density at radius 1 is 1.41 bits per heavy atom. The number of nitro groups is 1. The number of halogens is 2. The largest absolute Gasteiger partial charge is 0.477 e. The van der Waals surface area contributed by atoms with Crippen LogP contribution in [0.1, 0.15) is 10.4 Å². The smallest absolute Gasteiger partial charge is 0.345 e. The van der Waals surface area contributed by atoms with Crippen LogP contribution in [0.4, 0.5) is 5.69 Å². The predicted octanol–water partition coefficient (Wildman–Crippen LogP) is 2.32. The number of fused-ring (bicyclic) bond motifs is 1. The minimum atomic E-state index is -3.84. The van der Waals surface area contributed by atoms with E-state index in [-0.39, 0.29) is 28.3 Å². The molecule has 0 fully saturated rings. The van der Waals surface area contributed by atoms with Gasteiger partial charge in [-0.15, -0.1) is 12.4 Å². The number of nitro benzene ring substituents is 1. The highest BCUT2D eigenvalue weighted by atomic mass is 35.5. The van der Waals surface area contributed by atoms with Crippen LogP contribution in [-0.4, -0.2) is 35.7 Å². The second-order valence-corrected chi connectivity index (χ2v) is 6.57. The van der Waals surface area contributed by atoms with E-state index in [0.717, 1.165) is 12.5 Å². The second-order valence-electron chi connectivity index (χ2n) is 4.15. The molecule has 1 aromatic carbocycles. The predicted molar refractivity (Wildman–Crippen MR) is 80.7 cm³/mol. The fraction of sp³-hybridized carbons (Fsp3) is 0.0909. The molecule has 0 unspecified atom stereocenters. The molecule has 118 valence electrons. The fourth-order valence-electron chi connectivity index (χ4n) is 1.88. The first-order chi connectivity index (χ1) is 9.62. The lowest BCUT2D eigenvalue weighted by molar-refractivity contribution is -0.385. The molecule has 8 nitrogen and oxygen atoms in total. The van der Waals surface area contributed by atoms with Crippen molar-refractivity contribution in [2.45, 2.75) is 4.90 Å². The lowest BCUT2D eigenvalue weighted by Gasteiger charge is -2.08. The van der Waals surface area contributed by atoms with E-state index < -0.39 is 36.9 Å². The molecule has 0 aliphatic carbocycles. The summed E-state index contributed by atoms with van der Waals surface area (Å²) in [4.78, 5) is 24.6. The van der Waals surface area contributed by atoms with Crippen molar-refractivity contribution in [2.75, 3.05) is 6.26 Å². The summed E-state index contributed by atoms with van der Waals surface area (Å²) in [6, 6.07) is 1.91. The van der Waals surface area contributed by atoms with Crippen LogP contribution in [0, 0.1) is 10.1 Å². The summed E-state index contributed by atoms with van der Waals surface area (Å²) in [6.45, 7) is 0. The van der Waals surface area contributed by atoms with Gasteiger partial charge < -0.3 is 5.11 Å². The molecule has 0 spiro atoms. The van der Waals surface area contributed by atoms with E-state index in [1.165, 1.54) is 6.07 Å². The summed E-state index contributed by atoms with van der Waals surface area (Å²) in [5.41, 5.74) is -1.83. The third-order valence-corrected chi connectivity index (χ3v) is 4.03. The lowest BCUT2D eigenvalue weighted by Crippen LogP contribution is -2.08. The molecule has 22 heavy (non-hydrogen) atoms. The molecular formula is C11H8Cl2N2O6S. The molecule has 1 heterocycles. The number of aromatic nitrogens is 1. The zero-order chi connectivity index (χ0) is 15.9. The van der Waals surface area contributed by atoms with Crippen LogP contribution < -0.4 is 0 Å². The quantitative estimate of drug-likeness (QED) is 0.651. The molecule has 0 aliphatic heterocycles. The monoisotopic (exact) mass is 366 g/mol.